The van der Waals surface area contributed by atoms with Crippen LogP contribution < -0.4 is 15.6 Å². The van der Waals surface area contributed by atoms with Crippen molar-refractivity contribution in [3.05, 3.63) is 65.7 Å². The topological polar surface area (TPSA) is 73.9 Å². The Hall–Kier alpha value is -2.90. The summed E-state index contributed by atoms with van der Waals surface area (Å²) in [6.45, 7) is 2.23. The molecule has 29 heavy (non-hydrogen) atoms. The molecule has 2 heterocycles. The van der Waals surface area contributed by atoms with Gasteiger partial charge in [0.05, 0.1) is 7.11 Å². The van der Waals surface area contributed by atoms with E-state index in [4.69, 9.17) is 4.74 Å². The first-order valence-corrected chi connectivity index (χ1v) is 9.94. The van der Waals surface area contributed by atoms with E-state index in [1.807, 2.05) is 64.4 Å². The fraction of sp³-hybridized carbons (Fsp3) is 0.364. The zero-order valence-corrected chi connectivity index (χ0v) is 16.5. The standard InChI is InChI=1S/C22H26N4O3/c1-29-18-9-7-16(8-10-18)19-15-20(24-23-19)22(28)26-13-11-25(12-14-26)21(27)17-5-3-2-4-6-17/h2-10,19-20,23-24H,11-15H2,1H3. The summed E-state index contributed by atoms with van der Waals surface area (Å²) in [6.07, 6.45) is 0.689. The molecule has 0 spiro atoms. The zero-order valence-electron chi connectivity index (χ0n) is 16.5. The Morgan fingerprint density at radius 2 is 1.55 bits per heavy atom. The van der Waals surface area contributed by atoms with Crippen molar-refractivity contribution in [3.8, 4) is 5.75 Å². The number of hydrogen-bond acceptors (Lipinski definition) is 5. The molecule has 2 fully saturated rings. The third kappa shape index (κ3) is 4.26. The van der Waals surface area contributed by atoms with Crippen molar-refractivity contribution in [2.24, 2.45) is 0 Å². The first-order valence-electron chi connectivity index (χ1n) is 9.94. The van der Waals surface area contributed by atoms with E-state index in [0.29, 0.717) is 38.2 Å². The number of nitrogens with zero attached hydrogens (tertiary/aromatic N) is 2. The summed E-state index contributed by atoms with van der Waals surface area (Å²) < 4.78 is 5.20. The fourth-order valence-corrected chi connectivity index (χ4v) is 3.89. The average Bonchev–Trinajstić information content (AvgIpc) is 3.29. The number of hydrazine groups is 1. The third-order valence-corrected chi connectivity index (χ3v) is 5.62. The van der Waals surface area contributed by atoms with Gasteiger partial charge in [-0.15, -0.1) is 0 Å². The molecule has 2 aliphatic heterocycles. The molecule has 2 saturated heterocycles. The lowest BCUT2D eigenvalue weighted by Gasteiger charge is -2.35. The molecule has 2 N–H and O–H groups in total. The van der Waals surface area contributed by atoms with Crippen molar-refractivity contribution >= 4 is 11.8 Å². The minimum Gasteiger partial charge on any atom is -0.497 e. The molecule has 0 aromatic heterocycles. The van der Waals surface area contributed by atoms with Crippen LogP contribution >= 0.6 is 0 Å². The molecule has 2 aromatic carbocycles. The van der Waals surface area contributed by atoms with E-state index in [-0.39, 0.29) is 23.9 Å². The number of methoxy groups -OCH3 is 1. The normalized spacial score (nSPS) is 21.8. The van der Waals surface area contributed by atoms with Crippen LogP contribution in [0.3, 0.4) is 0 Å². The van der Waals surface area contributed by atoms with Crippen LogP contribution in [-0.4, -0.2) is 60.9 Å². The second-order valence-electron chi connectivity index (χ2n) is 7.39. The van der Waals surface area contributed by atoms with Gasteiger partial charge in [0.1, 0.15) is 11.8 Å². The maximum absolute atomic E-state index is 12.9. The summed E-state index contributed by atoms with van der Waals surface area (Å²) in [5, 5.41) is 0. The first-order chi connectivity index (χ1) is 14.2. The number of carbonyl (C=O) groups excluding carboxylic acids is 2. The number of benzene rings is 2. The lowest BCUT2D eigenvalue weighted by Crippen LogP contribution is -2.54. The summed E-state index contributed by atoms with van der Waals surface area (Å²) in [7, 11) is 1.65. The summed E-state index contributed by atoms with van der Waals surface area (Å²) >= 11 is 0. The van der Waals surface area contributed by atoms with Gasteiger partial charge in [0.2, 0.25) is 5.91 Å². The highest BCUT2D eigenvalue weighted by Gasteiger charge is 2.34. The number of amides is 2. The Labute approximate surface area is 170 Å². The molecule has 4 rings (SSSR count). The Kier molecular flexibility index (Phi) is 5.78. The van der Waals surface area contributed by atoms with E-state index in [1.54, 1.807) is 7.11 Å². The molecule has 0 radical (unpaired) electrons. The van der Waals surface area contributed by atoms with Crippen LogP contribution in [0.15, 0.2) is 54.6 Å². The number of hydrogen-bond donors (Lipinski definition) is 2. The highest BCUT2D eigenvalue weighted by atomic mass is 16.5. The van der Waals surface area contributed by atoms with Crippen molar-refractivity contribution in [2.45, 2.75) is 18.5 Å². The van der Waals surface area contributed by atoms with E-state index in [1.165, 1.54) is 0 Å². The van der Waals surface area contributed by atoms with Gasteiger partial charge in [0.25, 0.3) is 5.91 Å². The SMILES string of the molecule is COc1ccc(C2CC(C(=O)N3CCN(C(=O)c4ccccc4)CC3)NN2)cc1. The molecule has 7 heteroatoms. The lowest BCUT2D eigenvalue weighted by molar-refractivity contribution is -0.134. The van der Waals surface area contributed by atoms with Gasteiger partial charge in [-0.05, 0) is 36.2 Å². The molecule has 2 aromatic rings. The minimum absolute atomic E-state index is 0.0259. The molecule has 0 saturated carbocycles. The van der Waals surface area contributed by atoms with Crippen LogP contribution in [0.1, 0.15) is 28.4 Å². The van der Waals surface area contributed by atoms with Crippen LogP contribution in [0, 0.1) is 0 Å². The van der Waals surface area contributed by atoms with Crippen molar-refractivity contribution in [1.82, 2.24) is 20.7 Å². The molecule has 2 unspecified atom stereocenters. The Morgan fingerprint density at radius 3 is 2.21 bits per heavy atom. The van der Waals surface area contributed by atoms with Crippen LogP contribution in [0.2, 0.25) is 0 Å². The Morgan fingerprint density at radius 1 is 0.897 bits per heavy atom. The summed E-state index contributed by atoms with van der Waals surface area (Å²) in [5.41, 5.74) is 8.17. The molecular formula is C22H26N4O3. The van der Waals surface area contributed by atoms with Gasteiger partial charge in [0.15, 0.2) is 0 Å². The predicted octanol–water partition coefficient (Wildman–Crippen LogP) is 1.59. The van der Waals surface area contributed by atoms with Crippen molar-refractivity contribution in [1.29, 1.82) is 0 Å². The molecule has 0 aliphatic carbocycles. The lowest BCUT2D eigenvalue weighted by atomic mass is 10.0. The molecule has 2 amide bonds. The minimum atomic E-state index is -0.265. The van der Waals surface area contributed by atoms with E-state index >= 15 is 0 Å². The molecule has 0 bridgehead atoms. The van der Waals surface area contributed by atoms with E-state index in [0.717, 1.165) is 11.3 Å². The van der Waals surface area contributed by atoms with Gasteiger partial charge in [-0.25, -0.2) is 10.9 Å². The van der Waals surface area contributed by atoms with Gasteiger partial charge in [-0.3, -0.25) is 9.59 Å². The Balaban J connectivity index is 1.30. The smallest absolute Gasteiger partial charge is 0.253 e. The molecule has 152 valence electrons. The summed E-state index contributed by atoms with van der Waals surface area (Å²) in [4.78, 5) is 29.2. The average molecular weight is 394 g/mol. The van der Waals surface area contributed by atoms with Gasteiger partial charge in [0, 0.05) is 37.8 Å². The van der Waals surface area contributed by atoms with Gasteiger partial charge < -0.3 is 14.5 Å². The van der Waals surface area contributed by atoms with Crippen LogP contribution in [0.5, 0.6) is 5.75 Å². The van der Waals surface area contributed by atoms with E-state index < -0.39 is 0 Å². The second-order valence-corrected chi connectivity index (χ2v) is 7.39. The summed E-state index contributed by atoms with van der Waals surface area (Å²) in [6, 6.07) is 17.0. The van der Waals surface area contributed by atoms with Gasteiger partial charge in [-0.2, -0.15) is 0 Å². The second kappa shape index (κ2) is 8.63. The monoisotopic (exact) mass is 394 g/mol. The van der Waals surface area contributed by atoms with Crippen LogP contribution in [0.25, 0.3) is 0 Å². The number of rotatable bonds is 4. The maximum Gasteiger partial charge on any atom is 0.253 e. The molecule has 2 aliphatic rings. The van der Waals surface area contributed by atoms with Crippen molar-refractivity contribution < 1.29 is 14.3 Å². The highest BCUT2D eigenvalue weighted by Crippen LogP contribution is 2.25. The molecule has 7 nitrogen and oxygen atoms in total. The predicted molar refractivity (Wildman–Crippen MR) is 109 cm³/mol. The number of ether oxygens (including phenoxy) is 1. The number of piperazine rings is 1. The quantitative estimate of drug-likeness (QED) is 0.824. The van der Waals surface area contributed by atoms with Crippen LogP contribution in [0.4, 0.5) is 0 Å². The summed E-state index contributed by atoms with van der Waals surface area (Å²) in [5.74, 6) is 0.925. The Bertz CT molecular complexity index is 848. The number of carbonyl (C=O) groups is 2. The zero-order chi connectivity index (χ0) is 20.2. The molecule has 2 atom stereocenters. The van der Waals surface area contributed by atoms with Gasteiger partial charge in [-0.1, -0.05) is 30.3 Å². The maximum atomic E-state index is 12.9. The van der Waals surface area contributed by atoms with E-state index in [2.05, 4.69) is 10.9 Å². The molecular weight excluding hydrogens is 368 g/mol. The third-order valence-electron chi connectivity index (χ3n) is 5.62. The van der Waals surface area contributed by atoms with Crippen LogP contribution in [-0.2, 0) is 4.79 Å². The largest absolute Gasteiger partial charge is 0.497 e. The van der Waals surface area contributed by atoms with E-state index in [9.17, 15) is 9.59 Å². The van der Waals surface area contributed by atoms with Gasteiger partial charge >= 0.3 is 0 Å². The fourth-order valence-electron chi connectivity index (χ4n) is 3.89. The first kappa shape index (κ1) is 19.4. The number of nitrogens with one attached hydrogen (secondary N) is 2. The van der Waals surface area contributed by atoms with Crippen molar-refractivity contribution in [3.63, 3.8) is 0 Å². The highest BCUT2D eigenvalue weighted by molar-refractivity contribution is 5.94. The van der Waals surface area contributed by atoms with Crippen molar-refractivity contribution in [2.75, 3.05) is 33.3 Å².